The van der Waals surface area contributed by atoms with Crippen molar-refractivity contribution in [2.45, 2.75) is 44.4 Å². The van der Waals surface area contributed by atoms with Crippen LogP contribution in [-0.4, -0.2) is 0 Å². The van der Waals surface area contributed by atoms with Crippen LogP contribution < -0.4 is 0 Å². The second-order valence-electron chi connectivity index (χ2n) is 5.22. The molecule has 0 spiro atoms. The van der Waals surface area contributed by atoms with E-state index in [0.717, 1.165) is 11.8 Å². The minimum atomic E-state index is 0.807. The van der Waals surface area contributed by atoms with Crippen LogP contribution in [0.4, 0.5) is 0 Å². The van der Waals surface area contributed by atoms with E-state index in [9.17, 15) is 0 Å². The largest absolute Gasteiger partial charge is 0.0882 e. The zero-order valence-electron chi connectivity index (χ0n) is 9.86. The summed E-state index contributed by atoms with van der Waals surface area (Å²) in [4.78, 5) is 0. The first-order valence-electron chi connectivity index (χ1n) is 6.69. The minimum absolute atomic E-state index is 0.807. The van der Waals surface area contributed by atoms with Crippen LogP contribution in [0.2, 0.25) is 0 Å². The Hall–Kier alpha value is -1.04. The Morgan fingerprint density at radius 3 is 2.81 bits per heavy atom. The maximum absolute atomic E-state index is 2.48. The monoisotopic (exact) mass is 212 g/mol. The van der Waals surface area contributed by atoms with Crippen LogP contribution in [0.25, 0.3) is 0 Å². The van der Waals surface area contributed by atoms with Gasteiger partial charge < -0.3 is 0 Å². The fourth-order valence-electron chi connectivity index (χ4n) is 3.41. The Morgan fingerprint density at radius 2 is 1.94 bits per heavy atom. The summed E-state index contributed by atoms with van der Waals surface area (Å²) in [7, 11) is 0. The molecule has 1 aromatic rings. The SMILES string of the molecule is C1=CC(C2CCCc3ccccc32)CCC1. The molecule has 0 radical (unpaired) electrons. The van der Waals surface area contributed by atoms with Crippen LogP contribution in [0, 0.1) is 5.92 Å². The fourth-order valence-corrected chi connectivity index (χ4v) is 3.41. The van der Waals surface area contributed by atoms with Crippen molar-refractivity contribution in [2.24, 2.45) is 5.92 Å². The molecule has 0 heteroatoms. The minimum Gasteiger partial charge on any atom is -0.0882 e. The molecule has 0 heterocycles. The second kappa shape index (κ2) is 4.45. The molecule has 0 aliphatic heterocycles. The van der Waals surface area contributed by atoms with Crippen molar-refractivity contribution in [3.63, 3.8) is 0 Å². The van der Waals surface area contributed by atoms with Crippen molar-refractivity contribution in [1.82, 2.24) is 0 Å². The molecule has 0 saturated heterocycles. The summed E-state index contributed by atoms with van der Waals surface area (Å²) in [6, 6.07) is 9.09. The Kier molecular flexibility index (Phi) is 2.82. The van der Waals surface area contributed by atoms with Gasteiger partial charge in [0.25, 0.3) is 0 Å². The molecule has 0 N–H and O–H groups in total. The number of allylic oxidation sites excluding steroid dienone is 2. The third-order valence-electron chi connectivity index (χ3n) is 4.22. The number of rotatable bonds is 1. The highest BCUT2D eigenvalue weighted by molar-refractivity contribution is 5.34. The summed E-state index contributed by atoms with van der Waals surface area (Å²) in [6.07, 6.45) is 13.0. The van der Waals surface area contributed by atoms with Gasteiger partial charge in [0.1, 0.15) is 0 Å². The van der Waals surface area contributed by atoms with Gasteiger partial charge in [-0.25, -0.2) is 0 Å². The lowest BCUT2D eigenvalue weighted by Gasteiger charge is -2.32. The third-order valence-corrected chi connectivity index (χ3v) is 4.22. The van der Waals surface area contributed by atoms with E-state index >= 15 is 0 Å². The van der Waals surface area contributed by atoms with Gasteiger partial charge in [0.2, 0.25) is 0 Å². The number of hydrogen-bond acceptors (Lipinski definition) is 0. The van der Waals surface area contributed by atoms with Crippen LogP contribution in [-0.2, 0) is 6.42 Å². The van der Waals surface area contributed by atoms with Crippen molar-refractivity contribution < 1.29 is 0 Å². The van der Waals surface area contributed by atoms with Gasteiger partial charge in [-0.3, -0.25) is 0 Å². The summed E-state index contributed by atoms with van der Waals surface area (Å²) in [5.41, 5.74) is 3.25. The number of hydrogen-bond donors (Lipinski definition) is 0. The highest BCUT2D eigenvalue weighted by atomic mass is 14.3. The second-order valence-corrected chi connectivity index (χ2v) is 5.22. The highest BCUT2D eigenvalue weighted by Gasteiger charge is 2.26. The summed E-state index contributed by atoms with van der Waals surface area (Å²) in [5.74, 6) is 1.62. The van der Waals surface area contributed by atoms with Gasteiger partial charge in [-0.05, 0) is 61.5 Å². The average molecular weight is 212 g/mol. The van der Waals surface area contributed by atoms with Crippen molar-refractivity contribution >= 4 is 0 Å². The highest BCUT2D eigenvalue weighted by Crippen LogP contribution is 2.40. The molecule has 0 nitrogen and oxygen atoms in total. The predicted octanol–water partition coefficient (Wildman–Crippen LogP) is 4.46. The summed E-state index contributed by atoms with van der Waals surface area (Å²) in [6.45, 7) is 0. The van der Waals surface area contributed by atoms with E-state index in [0.29, 0.717) is 0 Å². The van der Waals surface area contributed by atoms with Crippen molar-refractivity contribution in [3.8, 4) is 0 Å². The van der Waals surface area contributed by atoms with E-state index in [4.69, 9.17) is 0 Å². The third kappa shape index (κ3) is 1.81. The molecular formula is C16H20. The van der Waals surface area contributed by atoms with Gasteiger partial charge in [-0.2, -0.15) is 0 Å². The molecule has 2 aliphatic rings. The molecular weight excluding hydrogens is 192 g/mol. The van der Waals surface area contributed by atoms with E-state index in [1.165, 1.54) is 38.5 Å². The molecule has 84 valence electrons. The predicted molar refractivity (Wildman–Crippen MR) is 68.6 cm³/mol. The van der Waals surface area contributed by atoms with Crippen molar-refractivity contribution in [1.29, 1.82) is 0 Å². The van der Waals surface area contributed by atoms with Gasteiger partial charge in [-0.15, -0.1) is 0 Å². The fraction of sp³-hybridized carbons (Fsp3) is 0.500. The Balaban J connectivity index is 1.92. The Labute approximate surface area is 98.4 Å². The van der Waals surface area contributed by atoms with Gasteiger partial charge in [0.05, 0.1) is 0 Å². The lowest BCUT2D eigenvalue weighted by molar-refractivity contribution is 0.401. The lowest BCUT2D eigenvalue weighted by Crippen LogP contribution is -2.18. The number of aryl methyl sites for hydroxylation is 1. The zero-order chi connectivity index (χ0) is 10.8. The van der Waals surface area contributed by atoms with Gasteiger partial charge >= 0.3 is 0 Å². The Bertz CT molecular complexity index is 389. The molecule has 0 fully saturated rings. The normalized spacial score (nSPS) is 28.8. The Morgan fingerprint density at radius 1 is 1.00 bits per heavy atom. The molecule has 3 rings (SSSR count). The number of fused-ring (bicyclic) bond motifs is 1. The van der Waals surface area contributed by atoms with E-state index in [-0.39, 0.29) is 0 Å². The molecule has 0 saturated carbocycles. The van der Waals surface area contributed by atoms with E-state index in [2.05, 4.69) is 36.4 Å². The summed E-state index contributed by atoms with van der Waals surface area (Å²) in [5, 5.41) is 0. The van der Waals surface area contributed by atoms with Crippen LogP contribution >= 0.6 is 0 Å². The van der Waals surface area contributed by atoms with Gasteiger partial charge in [0, 0.05) is 0 Å². The average Bonchev–Trinajstić information content (AvgIpc) is 2.39. The lowest BCUT2D eigenvalue weighted by atomic mass is 9.73. The van der Waals surface area contributed by atoms with Gasteiger partial charge in [-0.1, -0.05) is 36.4 Å². The number of benzene rings is 1. The molecule has 2 unspecified atom stereocenters. The van der Waals surface area contributed by atoms with Crippen molar-refractivity contribution in [2.75, 3.05) is 0 Å². The molecule has 0 aromatic heterocycles. The van der Waals surface area contributed by atoms with Crippen LogP contribution in [0.5, 0.6) is 0 Å². The first-order chi connectivity index (χ1) is 7.95. The first kappa shape index (κ1) is 10.1. The summed E-state index contributed by atoms with van der Waals surface area (Å²) < 4.78 is 0. The van der Waals surface area contributed by atoms with E-state index < -0.39 is 0 Å². The molecule has 16 heavy (non-hydrogen) atoms. The standard InChI is InChI=1S/C16H20/c1-2-7-13(8-3-1)16-12-6-10-14-9-4-5-11-15(14)16/h2,4-5,7,9,11,13,16H,1,3,6,8,10,12H2. The molecule has 1 aromatic carbocycles. The maximum atomic E-state index is 2.48. The molecule has 2 aliphatic carbocycles. The molecule has 0 amide bonds. The van der Waals surface area contributed by atoms with Crippen LogP contribution in [0.15, 0.2) is 36.4 Å². The summed E-state index contributed by atoms with van der Waals surface area (Å²) >= 11 is 0. The van der Waals surface area contributed by atoms with Crippen molar-refractivity contribution in [3.05, 3.63) is 47.5 Å². The quantitative estimate of drug-likeness (QED) is 0.603. The van der Waals surface area contributed by atoms with E-state index in [1.807, 2.05) is 0 Å². The topological polar surface area (TPSA) is 0 Å². The van der Waals surface area contributed by atoms with E-state index in [1.54, 1.807) is 11.1 Å². The van der Waals surface area contributed by atoms with Gasteiger partial charge in [0.15, 0.2) is 0 Å². The zero-order valence-corrected chi connectivity index (χ0v) is 9.86. The maximum Gasteiger partial charge on any atom is -0.00962 e. The molecule has 0 bridgehead atoms. The van der Waals surface area contributed by atoms with Crippen LogP contribution in [0.1, 0.15) is 49.1 Å². The van der Waals surface area contributed by atoms with Crippen LogP contribution in [0.3, 0.4) is 0 Å². The molecule has 2 atom stereocenters. The first-order valence-corrected chi connectivity index (χ1v) is 6.69. The smallest absolute Gasteiger partial charge is 0.00962 e.